The van der Waals surface area contributed by atoms with Crippen molar-refractivity contribution in [3.05, 3.63) is 46.4 Å². The number of rotatable bonds is 5. The molecule has 0 saturated carbocycles. The molecular weight excluding hydrogens is 306 g/mol. The number of nitrogens with two attached hydrogens (primary N) is 1. The number of nitrogens with zero attached hydrogens (tertiary/aromatic N) is 2. The SMILES string of the molecule is CCc1nc(C(N)=O)c(Nc2ccc(C)c(C(=O)NC)c2)nc1C. The molecule has 1 aromatic heterocycles. The molecule has 0 unspecified atom stereocenters. The minimum Gasteiger partial charge on any atom is -0.364 e. The predicted octanol–water partition coefficient (Wildman–Crippen LogP) is 1.86. The van der Waals surface area contributed by atoms with E-state index in [0.717, 1.165) is 17.0 Å². The zero-order valence-corrected chi connectivity index (χ0v) is 14.2. The smallest absolute Gasteiger partial charge is 0.271 e. The van der Waals surface area contributed by atoms with E-state index in [1.165, 1.54) is 0 Å². The van der Waals surface area contributed by atoms with E-state index < -0.39 is 5.91 Å². The van der Waals surface area contributed by atoms with Gasteiger partial charge in [0.05, 0.1) is 11.4 Å². The molecule has 0 aliphatic rings. The number of aromatic nitrogens is 2. The lowest BCUT2D eigenvalue weighted by Gasteiger charge is -2.13. The lowest BCUT2D eigenvalue weighted by atomic mass is 10.1. The molecule has 126 valence electrons. The van der Waals surface area contributed by atoms with E-state index in [1.54, 1.807) is 19.2 Å². The molecule has 0 bridgehead atoms. The van der Waals surface area contributed by atoms with E-state index in [4.69, 9.17) is 5.73 Å². The fourth-order valence-electron chi connectivity index (χ4n) is 2.36. The predicted molar refractivity (Wildman–Crippen MR) is 92.5 cm³/mol. The van der Waals surface area contributed by atoms with E-state index in [9.17, 15) is 9.59 Å². The van der Waals surface area contributed by atoms with Gasteiger partial charge in [-0.1, -0.05) is 13.0 Å². The van der Waals surface area contributed by atoms with Gasteiger partial charge in [0.15, 0.2) is 11.5 Å². The van der Waals surface area contributed by atoms with Crippen LogP contribution in [0.4, 0.5) is 11.5 Å². The van der Waals surface area contributed by atoms with Crippen LogP contribution in [0.1, 0.15) is 44.7 Å². The lowest BCUT2D eigenvalue weighted by molar-refractivity contribution is 0.0960. The van der Waals surface area contributed by atoms with Crippen LogP contribution in [0.3, 0.4) is 0 Å². The standard InChI is InChI=1S/C17H21N5O2/c1-5-13-10(3)20-16(14(22-13)15(18)23)21-11-7-6-9(2)12(8-11)17(24)19-4/h6-8H,5H2,1-4H3,(H2,18,23)(H,19,24)(H,20,21). The van der Waals surface area contributed by atoms with Crippen molar-refractivity contribution in [3.8, 4) is 0 Å². The van der Waals surface area contributed by atoms with Crippen molar-refractivity contribution in [2.45, 2.75) is 27.2 Å². The van der Waals surface area contributed by atoms with Gasteiger partial charge in [0, 0.05) is 18.3 Å². The summed E-state index contributed by atoms with van der Waals surface area (Å²) in [7, 11) is 1.57. The number of carbonyl (C=O) groups excluding carboxylic acids is 2. The van der Waals surface area contributed by atoms with Crippen LogP contribution in [0.15, 0.2) is 18.2 Å². The largest absolute Gasteiger partial charge is 0.364 e. The molecule has 4 N–H and O–H groups in total. The van der Waals surface area contributed by atoms with Gasteiger partial charge in [-0.3, -0.25) is 9.59 Å². The number of hydrogen-bond donors (Lipinski definition) is 3. The summed E-state index contributed by atoms with van der Waals surface area (Å²) in [5.74, 6) is -0.558. The first-order chi connectivity index (χ1) is 11.4. The second-order valence-corrected chi connectivity index (χ2v) is 5.40. The van der Waals surface area contributed by atoms with Gasteiger partial charge in [0.1, 0.15) is 0 Å². The zero-order valence-electron chi connectivity index (χ0n) is 14.2. The van der Waals surface area contributed by atoms with E-state index in [2.05, 4.69) is 20.6 Å². The molecule has 0 radical (unpaired) electrons. The van der Waals surface area contributed by atoms with E-state index >= 15 is 0 Å². The van der Waals surface area contributed by atoms with Gasteiger partial charge in [0.25, 0.3) is 11.8 Å². The van der Waals surface area contributed by atoms with Gasteiger partial charge in [0.2, 0.25) is 0 Å². The first kappa shape index (κ1) is 17.4. The Kier molecular flexibility index (Phi) is 5.13. The van der Waals surface area contributed by atoms with Gasteiger partial charge in [-0.15, -0.1) is 0 Å². The van der Waals surface area contributed by atoms with Crippen LogP contribution in [0, 0.1) is 13.8 Å². The van der Waals surface area contributed by atoms with Crippen molar-refractivity contribution < 1.29 is 9.59 Å². The summed E-state index contributed by atoms with van der Waals surface area (Å²) in [4.78, 5) is 32.3. The van der Waals surface area contributed by atoms with Crippen molar-refractivity contribution >= 4 is 23.3 Å². The lowest BCUT2D eigenvalue weighted by Crippen LogP contribution is -2.20. The third-order valence-electron chi connectivity index (χ3n) is 3.71. The van der Waals surface area contributed by atoms with Crippen LogP contribution >= 0.6 is 0 Å². The Hall–Kier alpha value is -2.96. The first-order valence-corrected chi connectivity index (χ1v) is 7.64. The molecule has 1 heterocycles. The minimum absolute atomic E-state index is 0.0829. The number of amides is 2. The van der Waals surface area contributed by atoms with Crippen molar-refractivity contribution in [2.24, 2.45) is 5.73 Å². The average molecular weight is 327 g/mol. The number of nitrogens with one attached hydrogen (secondary N) is 2. The third kappa shape index (κ3) is 3.51. The Morgan fingerprint density at radius 3 is 2.50 bits per heavy atom. The third-order valence-corrected chi connectivity index (χ3v) is 3.71. The van der Waals surface area contributed by atoms with Gasteiger partial charge >= 0.3 is 0 Å². The van der Waals surface area contributed by atoms with Crippen LogP contribution in [0.25, 0.3) is 0 Å². The first-order valence-electron chi connectivity index (χ1n) is 7.64. The molecule has 0 aliphatic heterocycles. The molecule has 0 atom stereocenters. The number of benzene rings is 1. The van der Waals surface area contributed by atoms with Crippen molar-refractivity contribution in [1.82, 2.24) is 15.3 Å². The Morgan fingerprint density at radius 2 is 1.92 bits per heavy atom. The molecule has 2 aromatic rings. The minimum atomic E-state index is -0.654. The van der Waals surface area contributed by atoms with E-state index in [-0.39, 0.29) is 17.4 Å². The Labute approximate surface area is 140 Å². The topological polar surface area (TPSA) is 110 Å². The monoisotopic (exact) mass is 327 g/mol. The molecule has 0 aliphatic carbocycles. The van der Waals surface area contributed by atoms with Crippen LogP contribution in [0.2, 0.25) is 0 Å². The zero-order chi connectivity index (χ0) is 17.9. The highest BCUT2D eigenvalue weighted by atomic mass is 16.2. The average Bonchev–Trinajstić information content (AvgIpc) is 2.55. The maximum Gasteiger partial charge on any atom is 0.271 e. The molecule has 24 heavy (non-hydrogen) atoms. The van der Waals surface area contributed by atoms with Gasteiger partial charge in [-0.2, -0.15) is 0 Å². The summed E-state index contributed by atoms with van der Waals surface area (Å²) in [5, 5.41) is 5.64. The molecule has 2 amide bonds. The van der Waals surface area contributed by atoms with Crippen LogP contribution in [0.5, 0.6) is 0 Å². The number of primary amides is 1. The second kappa shape index (κ2) is 7.08. The highest BCUT2D eigenvalue weighted by Crippen LogP contribution is 2.22. The van der Waals surface area contributed by atoms with Gasteiger partial charge in [-0.05, 0) is 38.0 Å². The molecular formula is C17H21N5O2. The molecule has 7 nitrogen and oxygen atoms in total. The summed E-state index contributed by atoms with van der Waals surface area (Å²) < 4.78 is 0. The summed E-state index contributed by atoms with van der Waals surface area (Å²) in [6.07, 6.45) is 0.657. The molecule has 0 saturated heterocycles. The fourth-order valence-corrected chi connectivity index (χ4v) is 2.36. The maximum absolute atomic E-state index is 11.9. The van der Waals surface area contributed by atoms with Crippen LogP contribution in [-0.2, 0) is 6.42 Å². The summed E-state index contributed by atoms with van der Waals surface area (Å²) in [6.45, 7) is 5.61. The fraction of sp³-hybridized carbons (Fsp3) is 0.294. The summed E-state index contributed by atoms with van der Waals surface area (Å²) in [5.41, 5.74) is 8.97. The summed E-state index contributed by atoms with van der Waals surface area (Å²) in [6, 6.07) is 5.32. The number of aryl methyl sites for hydroxylation is 3. The molecule has 2 rings (SSSR count). The molecule has 7 heteroatoms. The van der Waals surface area contributed by atoms with E-state index in [1.807, 2.05) is 26.8 Å². The van der Waals surface area contributed by atoms with Gasteiger partial charge < -0.3 is 16.4 Å². The maximum atomic E-state index is 11.9. The molecule has 1 aromatic carbocycles. The Balaban J connectivity index is 2.46. The van der Waals surface area contributed by atoms with Crippen molar-refractivity contribution in [2.75, 3.05) is 12.4 Å². The Bertz CT molecular complexity index is 802. The summed E-state index contributed by atoms with van der Waals surface area (Å²) >= 11 is 0. The van der Waals surface area contributed by atoms with Crippen molar-refractivity contribution in [1.29, 1.82) is 0 Å². The normalized spacial score (nSPS) is 10.3. The van der Waals surface area contributed by atoms with Gasteiger partial charge in [-0.25, -0.2) is 9.97 Å². The highest BCUT2D eigenvalue weighted by Gasteiger charge is 2.16. The molecule has 0 fully saturated rings. The number of anilines is 2. The number of hydrogen-bond acceptors (Lipinski definition) is 5. The van der Waals surface area contributed by atoms with E-state index in [0.29, 0.717) is 17.7 Å². The van der Waals surface area contributed by atoms with Crippen molar-refractivity contribution in [3.63, 3.8) is 0 Å². The van der Waals surface area contributed by atoms with Crippen LogP contribution < -0.4 is 16.4 Å². The quantitative estimate of drug-likeness (QED) is 0.776. The Morgan fingerprint density at radius 1 is 1.21 bits per heavy atom. The van der Waals surface area contributed by atoms with Crippen LogP contribution in [-0.4, -0.2) is 28.8 Å². The number of carbonyl (C=O) groups is 2. The second-order valence-electron chi connectivity index (χ2n) is 5.40. The highest BCUT2D eigenvalue weighted by molar-refractivity contribution is 5.98. The molecule has 0 spiro atoms.